The van der Waals surface area contributed by atoms with Crippen LogP contribution in [0, 0.1) is 0 Å². The first-order valence-electron chi connectivity index (χ1n) is 5.91. The summed E-state index contributed by atoms with van der Waals surface area (Å²) < 4.78 is 0. The molecule has 5 nitrogen and oxygen atoms in total. The Hall–Kier alpha value is -1.07. The molecule has 1 fully saturated rings. The molecule has 0 aliphatic heterocycles. The van der Waals surface area contributed by atoms with E-state index in [1.165, 1.54) is 0 Å². The van der Waals surface area contributed by atoms with Crippen molar-refractivity contribution in [3.05, 3.63) is 11.2 Å². The maximum absolute atomic E-state index is 6.06. The lowest BCUT2D eigenvalue weighted by Crippen LogP contribution is -2.35. The molecule has 94 valence electrons. The van der Waals surface area contributed by atoms with Crippen LogP contribution in [0.4, 0.5) is 11.8 Å². The van der Waals surface area contributed by atoms with Crippen LogP contribution in [-0.4, -0.2) is 29.1 Å². The van der Waals surface area contributed by atoms with Crippen LogP contribution in [0.15, 0.2) is 6.20 Å². The van der Waals surface area contributed by atoms with Gasteiger partial charge in [0.25, 0.3) is 0 Å². The first-order valence-corrected chi connectivity index (χ1v) is 6.29. The van der Waals surface area contributed by atoms with E-state index in [1.807, 2.05) is 0 Å². The summed E-state index contributed by atoms with van der Waals surface area (Å²) in [6.07, 6.45) is 5.95. The molecular weight excluding hydrogens is 238 g/mol. The van der Waals surface area contributed by atoms with Crippen molar-refractivity contribution in [1.29, 1.82) is 0 Å². The number of rotatable bonds is 3. The summed E-state index contributed by atoms with van der Waals surface area (Å²) in [6.45, 7) is 0. The second kappa shape index (κ2) is 5.51. The fraction of sp³-hybridized carbons (Fsp3) is 0.636. The van der Waals surface area contributed by atoms with Crippen molar-refractivity contribution in [2.45, 2.75) is 37.8 Å². The number of aromatic nitrogens is 2. The number of hydrogen-bond donors (Lipinski definition) is 3. The van der Waals surface area contributed by atoms with E-state index in [-0.39, 0.29) is 6.04 Å². The third kappa shape index (κ3) is 3.20. The SMILES string of the molecule is CNc1ncc(Cl)c(NC2CCCC(N)C2)n1. The van der Waals surface area contributed by atoms with Gasteiger partial charge in [0.1, 0.15) is 5.02 Å². The van der Waals surface area contributed by atoms with E-state index < -0.39 is 0 Å². The van der Waals surface area contributed by atoms with Crippen LogP contribution < -0.4 is 16.4 Å². The predicted octanol–water partition coefficient (Wildman–Crippen LogP) is 1.85. The van der Waals surface area contributed by atoms with Crippen LogP contribution in [0.5, 0.6) is 0 Å². The normalized spacial score (nSPS) is 24.4. The van der Waals surface area contributed by atoms with E-state index >= 15 is 0 Å². The molecule has 0 amide bonds. The van der Waals surface area contributed by atoms with Gasteiger partial charge in [0.2, 0.25) is 5.95 Å². The first kappa shape index (κ1) is 12.4. The molecule has 1 aromatic rings. The smallest absolute Gasteiger partial charge is 0.224 e. The van der Waals surface area contributed by atoms with Gasteiger partial charge in [0, 0.05) is 19.1 Å². The molecule has 0 aromatic carbocycles. The predicted molar refractivity (Wildman–Crippen MR) is 70.4 cm³/mol. The van der Waals surface area contributed by atoms with Crippen molar-refractivity contribution in [3.8, 4) is 0 Å². The number of nitrogens with zero attached hydrogens (tertiary/aromatic N) is 2. The lowest BCUT2D eigenvalue weighted by atomic mass is 9.92. The molecule has 2 rings (SSSR count). The maximum Gasteiger partial charge on any atom is 0.224 e. The molecule has 2 unspecified atom stereocenters. The fourth-order valence-electron chi connectivity index (χ4n) is 2.14. The first-order chi connectivity index (χ1) is 8.19. The minimum atomic E-state index is 0.283. The second-order valence-corrected chi connectivity index (χ2v) is 4.82. The molecule has 17 heavy (non-hydrogen) atoms. The molecule has 0 spiro atoms. The molecule has 1 heterocycles. The summed E-state index contributed by atoms with van der Waals surface area (Å²) in [6, 6.07) is 0.640. The summed E-state index contributed by atoms with van der Waals surface area (Å²) in [4.78, 5) is 8.35. The Labute approximate surface area is 106 Å². The molecule has 0 saturated heterocycles. The summed E-state index contributed by atoms with van der Waals surface area (Å²) >= 11 is 6.06. The molecule has 6 heteroatoms. The van der Waals surface area contributed by atoms with Crippen molar-refractivity contribution in [1.82, 2.24) is 9.97 Å². The highest BCUT2D eigenvalue weighted by Gasteiger charge is 2.20. The molecule has 0 radical (unpaired) electrons. The van der Waals surface area contributed by atoms with E-state index in [2.05, 4.69) is 20.6 Å². The Kier molecular flexibility index (Phi) is 4.02. The Balaban J connectivity index is 2.06. The molecule has 2 atom stereocenters. The quantitative estimate of drug-likeness (QED) is 0.769. The van der Waals surface area contributed by atoms with Gasteiger partial charge in [-0.05, 0) is 25.7 Å². The molecule has 1 aromatic heterocycles. The molecular formula is C11H18ClN5. The molecule has 1 aliphatic rings. The Morgan fingerprint density at radius 2 is 2.29 bits per heavy atom. The van der Waals surface area contributed by atoms with Gasteiger partial charge in [-0.2, -0.15) is 4.98 Å². The van der Waals surface area contributed by atoms with Crippen LogP contribution in [0.25, 0.3) is 0 Å². The van der Waals surface area contributed by atoms with Crippen LogP contribution in [0.2, 0.25) is 5.02 Å². The Morgan fingerprint density at radius 3 is 3.00 bits per heavy atom. The van der Waals surface area contributed by atoms with Crippen LogP contribution in [0.1, 0.15) is 25.7 Å². The van der Waals surface area contributed by atoms with E-state index in [9.17, 15) is 0 Å². The standard InChI is InChI=1S/C11H18ClN5/c1-14-11-15-6-9(12)10(17-11)16-8-4-2-3-7(13)5-8/h6-8H,2-5,13H2,1H3,(H2,14,15,16,17). The number of halogens is 1. The molecule has 1 aliphatic carbocycles. The summed E-state index contributed by atoms with van der Waals surface area (Å²) in [5, 5.41) is 6.79. The van der Waals surface area contributed by atoms with Crippen molar-refractivity contribution in [2.24, 2.45) is 5.73 Å². The van der Waals surface area contributed by atoms with Gasteiger partial charge < -0.3 is 16.4 Å². The van der Waals surface area contributed by atoms with Gasteiger partial charge in [0.05, 0.1) is 6.20 Å². The number of anilines is 2. The molecule has 0 bridgehead atoms. The largest absolute Gasteiger partial charge is 0.366 e. The zero-order valence-corrected chi connectivity index (χ0v) is 10.7. The number of nitrogens with one attached hydrogen (secondary N) is 2. The number of hydrogen-bond acceptors (Lipinski definition) is 5. The van der Waals surface area contributed by atoms with E-state index in [4.69, 9.17) is 17.3 Å². The molecule has 1 saturated carbocycles. The minimum Gasteiger partial charge on any atom is -0.366 e. The maximum atomic E-state index is 6.06. The van der Waals surface area contributed by atoms with Crippen LogP contribution >= 0.6 is 11.6 Å². The topological polar surface area (TPSA) is 75.9 Å². The molecule has 4 N–H and O–H groups in total. The van der Waals surface area contributed by atoms with Gasteiger partial charge in [-0.25, -0.2) is 4.98 Å². The highest BCUT2D eigenvalue weighted by molar-refractivity contribution is 6.32. The van der Waals surface area contributed by atoms with Crippen LogP contribution in [0.3, 0.4) is 0 Å². The van der Waals surface area contributed by atoms with E-state index in [0.717, 1.165) is 25.7 Å². The van der Waals surface area contributed by atoms with Crippen molar-refractivity contribution in [3.63, 3.8) is 0 Å². The van der Waals surface area contributed by atoms with Gasteiger partial charge in [0.15, 0.2) is 5.82 Å². The van der Waals surface area contributed by atoms with E-state index in [1.54, 1.807) is 13.2 Å². The lowest BCUT2D eigenvalue weighted by molar-refractivity contribution is 0.409. The zero-order chi connectivity index (χ0) is 12.3. The second-order valence-electron chi connectivity index (χ2n) is 4.41. The van der Waals surface area contributed by atoms with Gasteiger partial charge in [-0.15, -0.1) is 0 Å². The third-order valence-electron chi connectivity index (χ3n) is 3.02. The highest BCUT2D eigenvalue weighted by Crippen LogP contribution is 2.25. The lowest BCUT2D eigenvalue weighted by Gasteiger charge is -2.28. The van der Waals surface area contributed by atoms with Crippen molar-refractivity contribution < 1.29 is 0 Å². The van der Waals surface area contributed by atoms with Crippen LogP contribution in [-0.2, 0) is 0 Å². The minimum absolute atomic E-state index is 0.283. The summed E-state index contributed by atoms with van der Waals surface area (Å²) in [7, 11) is 1.78. The number of nitrogens with two attached hydrogens (primary N) is 1. The van der Waals surface area contributed by atoms with Gasteiger partial charge in [-0.1, -0.05) is 11.6 Å². The van der Waals surface area contributed by atoms with Crippen molar-refractivity contribution in [2.75, 3.05) is 17.7 Å². The van der Waals surface area contributed by atoms with Gasteiger partial charge in [-0.3, -0.25) is 0 Å². The summed E-state index contributed by atoms with van der Waals surface area (Å²) in [5.74, 6) is 1.25. The fourth-order valence-corrected chi connectivity index (χ4v) is 2.29. The monoisotopic (exact) mass is 255 g/mol. The Bertz CT molecular complexity index is 384. The van der Waals surface area contributed by atoms with E-state index in [0.29, 0.717) is 22.8 Å². The van der Waals surface area contributed by atoms with Gasteiger partial charge >= 0.3 is 0 Å². The van der Waals surface area contributed by atoms with Crippen molar-refractivity contribution >= 4 is 23.4 Å². The zero-order valence-electron chi connectivity index (χ0n) is 9.91. The third-order valence-corrected chi connectivity index (χ3v) is 3.30. The average molecular weight is 256 g/mol. The summed E-state index contributed by atoms with van der Waals surface area (Å²) in [5.41, 5.74) is 5.95. The average Bonchev–Trinajstić information content (AvgIpc) is 2.32. The Morgan fingerprint density at radius 1 is 1.47 bits per heavy atom. The highest BCUT2D eigenvalue weighted by atomic mass is 35.5.